The van der Waals surface area contributed by atoms with Crippen LogP contribution in [0.3, 0.4) is 0 Å². The summed E-state index contributed by atoms with van der Waals surface area (Å²) in [7, 11) is 0. The van der Waals surface area contributed by atoms with Crippen LogP contribution in [0.15, 0.2) is 47.2 Å². The molecule has 4 nitrogen and oxygen atoms in total. The van der Waals surface area contributed by atoms with Gasteiger partial charge in [0.15, 0.2) is 0 Å². The van der Waals surface area contributed by atoms with E-state index >= 15 is 0 Å². The van der Waals surface area contributed by atoms with Gasteiger partial charge in [-0.05, 0) is 62.6 Å². The highest BCUT2D eigenvalue weighted by Gasteiger charge is 2.24. The molecule has 0 spiro atoms. The molecule has 2 aliphatic rings. The Hall–Kier alpha value is -2.30. The first-order chi connectivity index (χ1) is 12.1. The summed E-state index contributed by atoms with van der Waals surface area (Å²) < 4.78 is 18.2. The van der Waals surface area contributed by atoms with E-state index in [0.717, 1.165) is 55.9 Å². The number of ether oxygens (including phenoxy) is 1. The van der Waals surface area contributed by atoms with E-state index in [9.17, 15) is 9.18 Å². The Balaban J connectivity index is 1.62. The molecule has 1 aliphatic carbocycles. The number of carbonyl (C=O) groups excluding carboxylic acids is 1. The molecular weight excluding hydrogens is 319 g/mol. The fourth-order valence-corrected chi connectivity index (χ4v) is 3.49. The summed E-state index contributed by atoms with van der Waals surface area (Å²) in [6.45, 7) is 7.93. The Kier molecular flexibility index (Phi) is 5.41. The molecule has 0 N–H and O–H groups in total. The van der Waals surface area contributed by atoms with Crippen molar-refractivity contribution < 1.29 is 13.9 Å². The van der Waals surface area contributed by atoms with Crippen molar-refractivity contribution in [2.75, 3.05) is 37.7 Å². The first-order valence-electron chi connectivity index (χ1n) is 8.91. The van der Waals surface area contributed by atoms with Crippen LogP contribution in [0.5, 0.6) is 0 Å². The van der Waals surface area contributed by atoms with E-state index in [1.165, 1.54) is 17.8 Å². The minimum atomic E-state index is -0.200. The van der Waals surface area contributed by atoms with Gasteiger partial charge in [0.2, 0.25) is 0 Å². The molecule has 0 amide bonds. The second-order valence-corrected chi connectivity index (χ2v) is 6.47. The number of rotatable bonds is 4. The monoisotopic (exact) mass is 344 g/mol. The van der Waals surface area contributed by atoms with Gasteiger partial charge in [-0.2, -0.15) is 0 Å². The molecule has 0 unspecified atom stereocenters. The first-order valence-corrected chi connectivity index (χ1v) is 8.91. The average Bonchev–Trinajstić information content (AvgIpc) is 2.62. The van der Waals surface area contributed by atoms with Crippen LogP contribution in [0.2, 0.25) is 0 Å². The van der Waals surface area contributed by atoms with Gasteiger partial charge in [-0.1, -0.05) is 0 Å². The minimum Gasteiger partial charge on any atom is -0.463 e. The Morgan fingerprint density at radius 2 is 1.72 bits per heavy atom. The van der Waals surface area contributed by atoms with Crippen molar-refractivity contribution in [2.24, 2.45) is 0 Å². The molecule has 1 aromatic carbocycles. The smallest absolute Gasteiger partial charge is 0.334 e. The molecule has 0 saturated carbocycles. The van der Waals surface area contributed by atoms with Crippen LogP contribution < -0.4 is 4.90 Å². The van der Waals surface area contributed by atoms with Gasteiger partial charge in [0, 0.05) is 43.1 Å². The number of halogens is 1. The Morgan fingerprint density at radius 1 is 1.08 bits per heavy atom. The highest BCUT2D eigenvalue weighted by Crippen LogP contribution is 2.28. The van der Waals surface area contributed by atoms with Gasteiger partial charge in [0.05, 0.1) is 6.61 Å². The molecule has 25 heavy (non-hydrogen) atoms. The number of nitrogens with zero attached hydrogens (tertiary/aromatic N) is 2. The van der Waals surface area contributed by atoms with Crippen LogP contribution in [0.1, 0.15) is 26.7 Å². The number of carbonyl (C=O) groups is 1. The van der Waals surface area contributed by atoms with E-state index in [-0.39, 0.29) is 11.8 Å². The second kappa shape index (κ2) is 7.72. The number of allylic oxidation sites excluding steroid dienone is 3. The van der Waals surface area contributed by atoms with Gasteiger partial charge in [-0.25, -0.2) is 9.18 Å². The Bertz CT molecular complexity index is 686. The second-order valence-electron chi connectivity index (χ2n) is 6.47. The highest BCUT2D eigenvalue weighted by atomic mass is 19.1. The average molecular weight is 344 g/mol. The largest absolute Gasteiger partial charge is 0.463 e. The lowest BCUT2D eigenvalue weighted by Gasteiger charge is -2.39. The lowest BCUT2D eigenvalue weighted by molar-refractivity contribution is -0.138. The zero-order valence-corrected chi connectivity index (χ0v) is 14.9. The van der Waals surface area contributed by atoms with Crippen molar-refractivity contribution in [3.8, 4) is 0 Å². The molecule has 0 radical (unpaired) electrons. The first kappa shape index (κ1) is 17.5. The SMILES string of the molecule is CCOC(=O)C1=C(C)C=C(N2CCN(c3ccc(F)cc3)CC2)CC1. The summed E-state index contributed by atoms with van der Waals surface area (Å²) in [6.07, 6.45) is 3.75. The molecular formula is C20H25FN2O2. The summed E-state index contributed by atoms with van der Waals surface area (Å²) >= 11 is 0. The number of hydrogen-bond donors (Lipinski definition) is 0. The molecule has 1 aliphatic heterocycles. The van der Waals surface area contributed by atoms with E-state index in [4.69, 9.17) is 4.74 Å². The number of piperazine rings is 1. The van der Waals surface area contributed by atoms with Crippen LogP contribution in [-0.2, 0) is 9.53 Å². The zero-order chi connectivity index (χ0) is 17.8. The van der Waals surface area contributed by atoms with Crippen LogP contribution in [-0.4, -0.2) is 43.7 Å². The molecule has 1 fully saturated rings. The maximum Gasteiger partial charge on any atom is 0.334 e. The van der Waals surface area contributed by atoms with Crippen molar-refractivity contribution in [3.05, 3.63) is 53.0 Å². The Morgan fingerprint density at radius 3 is 2.32 bits per heavy atom. The molecule has 134 valence electrons. The van der Waals surface area contributed by atoms with Crippen molar-refractivity contribution >= 4 is 11.7 Å². The van der Waals surface area contributed by atoms with Gasteiger partial charge >= 0.3 is 5.97 Å². The fourth-order valence-electron chi connectivity index (χ4n) is 3.49. The van der Waals surface area contributed by atoms with Gasteiger partial charge in [-0.15, -0.1) is 0 Å². The predicted octanol–water partition coefficient (Wildman–Crippen LogP) is 3.51. The number of benzene rings is 1. The molecule has 0 atom stereocenters. The van der Waals surface area contributed by atoms with Crippen LogP contribution in [0.4, 0.5) is 10.1 Å². The standard InChI is InChI=1S/C20H25FN2O2/c1-3-25-20(24)19-9-8-18(14-15(19)2)23-12-10-22(11-13-23)17-6-4-16(21)5-7-17/h4-7,14H,3,8-13H2,1-2H3. The number of esters is 1. The zero-order valence-electron chi connectivity index (χ0n) is 14.9. The third kappa shape index (κ3) is 4.03. The predicted molar refractivity (Wildman–Crippen MR) is 96.8 cm³/mol. The lowest BCUT2D eigenvalue weighted by Crippen LogP contribution is -2.46. The van der Waals surface area contributed by atoms with Crippen LogP contribution >= 0.6 is 0 Å². The number of anilines is 1. The molecule has 1 aromatic rings. The van der Waals surface area contributed by atoms with E-state index in [0.29, 0.717) is 6.61 Å². The summed E-state index contributed by atoms with van der Waals surface area (Å²) in [5.41, 5.74) is 4.18. The van der Waals surface area contributed by atoms with E-state index in [1.54, 1.807) is 0 Å². The molecule has 1 saturated heterocycles. The molecule has 5 heteroatoms. The quantitative estimate of drug-likeness (QED) is 0.783. The van der Waals surface area contributed by atoms with E-state index < -0.39 is 0 Å². The van der Waals surface area contributed by atoms with Gasteiger partial charge < -0.3 is 14.5 Å². The number of hydrogen-bond acceptors (Lipinski definition) is 4. The maximum atomic E-state index is 13.1. The molecule has 3 rings (SSSR count). The van der Waals surface area contributed by atoms with Crippen LogP contribution in [0, 0.1) is 5.82 Å². The summed E-state index contributed by atoms with van der Waals surface area (Å²) in [5, 5.41) is 0. The normalized spacial score (nSPS) is 18.3. The van der Waals surface area contributed by atoms with Crippen molar-refractivity contribution in [1.29, 1.82) is 0 Å². The van der Waals surface area contributed by atoms with Gasteiger partial charge in [0.1, 0.15) is 5.82 Å². The maximum absolute atomic E-state index is 13.1. The van der Waals surface area contributed by atoms with E-state index in [1.807, 2.05) is 26.0 Å². The molecule has 0 bridgehead atoms. The third-order valence-corrected chi connectivity index (χ3v) is 4.89. The molecule has 0 aromatic heterocycles. The molecule has 1 heterocycles. The van der Waals surface area contributed by atoms with Gasteiger partial charge in [0.25, 0.3) is 0 Å². The van der Waals surface area contributed by atoms with Crippen molar-refractivity contribution in [2.45, 2.75) is 26.7 Å². The minimum absolute atomic E-state index is 0.184. The lowest BCUT2D eigenvalue weighted by atomic mass is 9.95. The summed E-state index contributed by atoms with van der Waals surface area (Å²) in [5.74, 6) is -0.383. The third-order valence-electron chi connectivity index (χ3n) is 4.89. The fraction of sp³-hybridized carbons (Fsp3) is 0.450. The highest BCUT2D eigenvalue weighted by molar-refractivity contribution is 5.90. The summed E-state index contributed by atoms with van der Waals surface area (Å²) in [4.78, 5) is 16.6. The van der Waals surface area contributed by atoms with Crippen LogP contribution in [0.25, 0.3) is 0 Å². The topological polar surface area (TPSA) is 32.8 Å². The summed E-state index contributed by atoms with van der Waals surface area (Å²) in [6, 6.07) is 6.69. The Labute approximate surface area is 148 Å². The van der Waals surface area contributed by atoms with Crippen molar-refractivity contribution in [3.63, 3.8) is 0 Å². The van der Waals surface area contributed by atoms with Crippen molar-refractivity contribution in [1.82, 2.24) is 4.90 Å². The van der Waals surface area contributed by atoms with E-state index in [2.05, 4.69) is 15.9 Å². The van der Waals surface area contributed by atoms with Gasteiger partial charge in [-0.3, -0.25) is 0 Å².